The summed E-state index contributed by atoms with van der Waals surface area (Å²) in [5.41, 5.74) is 0.882. The first-order chi connectivity index (χ1) is 16.3. The molecule has 0 bridgehead atoms. The largest absolute Gasteiger partial charge is 0.451 e. The van der Waals surface area contributed by atoms with Gasteiger partial charge in [0.25, 0.3) is 5.56 Å². The van der Waals surface area contributed by atoms with Crippen molar-refractivity contribution in [3.05, 3.63) is 82.0 Å². The Hall–Kier alpha value is -3.66. The molecule has 0 spiro atoms. The Morgan fingerprint density at radius 3 is 2.21 bits per heavy atom. The van der Waals surface area contributed by atoms with E-state index < -0.39 is 17.6 Å². The molecule has 1 fully saturated rings. The number of piperazine rings is 1. The quantitative estimate of drug-likeness (QED) is 0.433. The maximum Gasteiger partial charge on any atom is 0.451 e. The van der Waals surface area contributed by atoms with Crippen molar-refractivity contribution in [3.63, 3.8) is 0 Å². The molecule has 5 rings (SSSR count). The molecule has 1 aliphatic rings. The Bertz CT molecular complexity index is 1400. The minimum absolute atomic E-state index is 0.0409. The number of aromatic nitrogens is 4. The van der Waals surface area contributed by atoms with Crippen LogP contribution in [0.15, 0.2) is 65.6 Å². The number of rotatable bonds is 3. The normalized spacial score (nSPS) is 14.6. The number of para-hydroxylation sites is 2. The van der Waals surface area contributed by atoms with Gasteiger partial charge in [0.15, 0.2) is 0 Å². The highest BCUT2D eigenvalue weighted by molar-refractivity contribution is 6.33. The van der Waals surface area contributed by atoms with Gasteiger partial charge in [-0.05, 0) is 24.3 Å². The van der Waals surface area contributed by atoms with Crippen LogP contribution >= 0.6 is 11.6 Å². The maximum atomic E-state index is 13.4. The highest BCUT2D eigenvalue weighted by Crippen LogP contribution is 2.32. The zero-order valence-electron chi connectivity index (χ0n) is 17.7. The number of alkyl halides is 3. The maximum absolute atomic E-state index is 13.4. The molecule has 0 N–H and O–H groups in total. The van der Waals surface area contributed by atoms with Gasteiger partial charge in [-0.15, -0.1) is 0 Å². The van der Waals surface area contributed by atoms with Crippen LogP contribution in [0.5, 0.6) is 0 Å². The average Bonchev–Trinajstić information content (AvgIpc) is 2.85. The first kappa shape index (κ1) is 22.1. The summed E-state index contributed by atoms with van der Waals surface area (Å²) in [6, 6.07) is 15.6. The molecule has 7 nitrogen and oxygen atoms in total. The Morgan fingerprint density at radius 1 is 0.853 bits per heavy atom. The van der Waals surface area contributed by atoms with Gasteiger partial charge in [-0.25, -0.2) is 9.97 Å². The molecule has 0 atom stereocenters. The number of hydrogen-bond donors (Lipinski definition) is 0. The number of nitrogens with zero attached hydrogens (tertiary/aromatic N) is 6. The van der Waals surface area contributed by atoms with Crippen molar-refractivity contribution in [2.75, 3.05) is 36.0 Å². The van der Waals surface area contributed by atoms with Crippen molar-refractivity contribution in [2.24, 2.45) is 0 Å². The molecule has 1 aliphatic heterocycles. The molecule has 4 aromatic rings. The monoisotopic (exact) mass is 486 g/mol. The van der Waals surface area contributed by atoms with E-state index >= 15 is 0 Å². The molecule has 34 heavy (non-hydrogen) atoms. The molecule has 0 radical (unpaired) electrons. The predicted molar refractivity (Wildman–Crippen MR) is 124 cm³/mol. The SMILES string of the molecule is O=c1c(Cl)c(N2CCN(c3nc(C(F)(F)F)nc4ccccc34)CC2)cnn1-c1ccccc1. The fourth-order valence-electron chi connectivity index (χ4n) is 3.98. The lowest BCUT2D eigenvalue weighted by Crippen LogP contribution is -2.47. The van der Waals surface area contributed by atoms with Crippen LogP contribution in [0, 0.1) is 0 Å². The molecule has 2 aromatic heterocycles. The second-order valence-corrected chi connectivity index (χ2v) is 8.13. The Kier molecular flexibility index (Phi) is 5.60. The smallest absolute Gasteiger partial charge is 0.365 e. The van der Waals surface area contributed by atoms with Crippen LogP contribution in [-0.2, 0) is 6.18 Å². The highest BCUT2D eigenvalue weighted by Gasteiger charge is 2.36. The van der Waals surface area contributed by atoms with E-state index in [9.17, 15) is 18.0 Å². The molecule has 11 heteroatoms. The molecule has 0 saturated carbocycles. The van der Waals surface area contributed by atoms with Crippen LogP contribution < -0.4 is 15.4 Å². The van der Waals surface area contributed by atoms with Crippen LogP contribution in [0.2, 0.25) is 5.02 Å². The predicted octanol–water partition coefficient (Wildman–Crippen LogP) is 4.17. The summed E-state index contributed by atoms with van der Waals surface area (Å²) < 4.78 is 41.4. The van der Waals surface area contributed by atoms with E-state index in [-0.39, 0.29) is 16.4 Å². The van der Waals surface area contributed by atoms with E-state index in [1.54, 1.807) is 53.4 Å². The molecule has 0 aliphatic carbocycles. The van der Waals surface area contributed by atoms with Gasteiger partial charge in [-0.1, -0.05) is 41.9 Å². The van der Waals surface area contributed by atoms with Gasteiger partial charge in [-0.3, -0.25) is 4.79 Å². The Balaban J connectivity index is 1.41. The number of halogens is 4. The van der Waals surface area contributed by atoms with Crippen LogP contribution in [0.4, 0.5) is 24.7 Å². The molecule has 0 unspecified atom stereocenters. The first-order valence-corrected chi connectivity index (χ1v) is 10.9. The molecule has 1 saturated heterocycles. The van der Waals surface area contributed by atoms with E-state index in [2.05, 4.69) is 15.1 Å². The number of hydrogen-bond acceptors (Lipinski definition) is 6. The second-order valence-electron chi connectivity index (χ2n) is 7.76. The summed E-state index contributed by atoms with van der Waals surface area (Å²) in [7, 11) is 0. The average molecular weight is 487 g/mol. The lowest BCUT2D eigenvalue weighted by Gasteiger charge is -2.37. The standard InChI is InChI=1S/C23H18ClF3N6O/c24-19-18(14-28-33(21(19)34)15-6-2-1-3-7-15)31-10-12-32(13-11-31)20-16-8-4-5-9-17(16)29-22(30-20)23(25,26)27/h1-9,14H,10-13H2. The van der Waals surface area contributed by atoms with Crippen molar-refractivity contribution in [3.8, 4) is 5.69 Å². The summed E-state index contributed by atoms with van der Waals surface area (Å²) in [6.45, 7) is 1.62. The van der Waals surface area contributed by atoms with Crippen molar-refractivity contribution >= 4 is 34.0 Å². The third kappa shape index (κ3) is 4.05. The Labute approximate surface area is 197 Å². The minimum atomic E-state index is -4.65. The number of anilines is 2. The third-order valence-corrected chi connectivity index (χ3v) is 6.01. The van der Waals surface area contributed by atoms with Crippen molar-refractivity contribution in [1.82, 2.24) is 19.7 Å². The zero-order chi connectivity index (χ0) is 23.9. The van der Waals surface area contributed by atoms with E-state index in [1.165, 1.54) is 10.9 Å². The van der Waals surface area contributed by atoms with Gasteiger partial charge in [0.1, 0.15) is 10.8 Å². The lowest BCUT2D eigenvalue weighted by molar-refractivity contribution is -0.144. The number of fused-ring (bicyclic) bond motifs is 1. The van der Waals surface area contributed by atoms with Gasteiger partial charge in [0.2, 0.25) is 5.82 Å². The van der Waals surface area contributed by atoms with Crippen LogP contribution in [-0.4, -0.2) is 45.9 Å². The molecule has 3 heterocycles. The van der Waals surface area contributed by atoms with Crippen LogP contribution in [0.3, 0.4) is 0 Å². The van der Waals surface area contributed by atoms with Gasteiger partial charge in [-0.2, -0.15) is 23.0 Å². The summed E-state index contributed by atoms with van der Waals surface area (Å²) in [5.74, 6) is -0.929. The van der Waals surface area contributed by atoms with Gasteiger partial charge < -0.3 is 9.80 Å². The fourth-order valence-corrected chi connectivity index (χ4v) is 4.23. The molecular formula is C23H18ClF3N6O. The third-order valence-electron chi connectivity index (χ3n) is 5.66. The fraction of sp³-hybridized carbons (Fsp3) is 0.217. The van der Waals surface area contributed by atoms with E-state index in [0.29, 0.717) is 42.9 Å². The second kappa shape index (κ2) is 8.60. The summed E-state index contributed by atoms with van der Waals surface area (Å²) in [5, 5.41) is 4.85. The lowest BCUT2D eigenvalue weighted by atomic mass is 10.2. The van der Waals surface area contributed by atoms with E-state index in [0.717, 1.165) is 0 Å². The summed E-state index contributed by atoms with van der Waals surface area (Å²) in [4.78, 5) is 24.0. The van der Waals surface area contributed by atoms with Crippen LogP contribution in [0.25, 0.3) is 16.6 Å². The van der Waals surface area contributed by atoms with Crippen molar-refractivity contribution < 1.29 is 13.2 Å². The van der Waals surface area contributed by atoms with E-state index in [1.807, 2.05) is 11.0 Å². The van der Waals surface area contributed by atoms with Gasteiger partial charge in [0, 0.05) is 31.6 Å². The topological polar surface area (TPSA) is 67.2 Å². The van der Waals surface area contributed by atoms with Gasteiger partial charge in [0.05, 0.1) is 23.1 Å². The van der Waals surface area contributed by atoms with Gasteiger partial charge >= 0.3 is 6.18 Å². The highest BCUT2D eigenvalue weighted by atomic mass is 35.5. The first-order valence-electron chi connectivity index (χ1n) is 10.5. The zero-order valence-corrected chi connectivity index (χ0v) is 18.5. The Morgan fingerprint density at radius 2 is 1.50 bits per heavy atom. The van der Waals surface area contributed by atoms with Crippen LogP contribution in [0.1, 0.15) is 5.82 Å². The molecular weight excluding hydrogens is 469 g/mol. The van der Waals surface area contributed by atoms with Crippen molar-refractivity contribution in [2.45, 2.75) is 6.18 Å². The summed E-state index contributed by atoms with van der Waals surface area (Å²) >= 11 is 6.41. The molecule has 0 amide bonds. The van der Waals surface area contributed by atoms with Crippen molar-refractivity contribution in [1.29, 1.82) is 0 Å². The summed E-state index contributed by atoms with van der Waals surface area (Å²) in [6.07, 6.45) is -3.11. The van der Waals surface area contributed by atoms with E-state index in [4.69, 9.17) is 11.6 Å². The number of benzene rings is 2. The molecule has 174 valence electrons. The molecule has 2 aromatic carbocycles. The minimum Gasteiger partial charge on any atom is -0.365 e.